The lowest BCUT2D eigenvalue weighted by Crippen LogP contribution is -2.40. The molecular formula is C12H26N2O2S. The molecule has 0 bridgehead atoms. The standard InChI is InChI=1S/C12H26N2O2S/c1-12(2)7-5-11(6-8-12)14-17(15,16)10-4-3-9-13/h11,14H,3-10,13H2,1-2H3. The van der Waals surface area contributed by atoms with Crippen molar-refractivity contribution < 1.29 is 8.42 Å². The molecule has 1 saturated carbocycles. The van der Waals surface area contributed by atoms with Crippen LogP contribution in [-0.2, 0) is 10.0 Å². The Hall–Kier alpha value is -0.130. The van der Waals surface area contributed by atoms with Crippen LogP contribution in [0.1, 0.15) is 52.4 Å². The summed E-state index contributed by atoms with van der Waals surface area (Å²) in [7, 11) is -3.10. The van der Waals surface area contributed by atoms with Crippen molar-refractivity contribution in [3.63, 3.8) is 0 Å². The Morgan fingerprint density at radius 3 is 2.35 bits per heavy atom. The highest BCUT2D eigenvalue weighted by Gasteiger charge is 2.28. The molecule has 0 aliphatic heterocycles. The van der Waals surface area contributed by atoms with E-state index in [1.807, 2.05) is 0 Å². The summed E-state index contributed by atoms with van der Waals surface area (Å²) in [5.41, 5.74) is 5.73. The third kappa shape index (κ3) is 5.84. The summed E-state index contributed by atoms with van der Waals surface area (Å²) in [5.74, 6) is 0.212. The maximum Gasteiger partial charge on any atom is 0.211 e. The summed E-state index contributed by atoms with van der Waals surface area (Å²) in [5, 5.41) is 0. The van der Waals surface area contributed by atoms with E-state index in [9.17, 15) is 8.42 Å². The van der Waals surface area contributed by atoms with E-state index in [2.05, 4.69) is 18.6 Å². The first kappa shape index (κ1) is 14.9. The fourth-order valence-corrected chi connectivity index (χ4v) is 3.71. The van der Waals surface area contributed by atoms with Crippen LogP contribution < -0.4 is 10.5 Å². The second-order valence-corrected chi connectivity index (χ2v) is 7.74. The lowest BCUT2D eigenvalue weighted by atomic mass is 9.76. The van der Waals surface area contributed by atoms with Gasteiger partial charge in [0, 0.05) is 6.04 Å². The van der Waals surface area contributed by atoms with Crippen molar-refractivity contribution in [2.45, 2.75) is 58.4 Å². The van der Waals surface area contributed by atoms with Crippen LogP contribution in [0.2, 0.25) is 0 Å². The van der Waals surface area contributed by atoms with Crippen molar-refractivity contribution in [1.29, 1.82) is 0 Å². The van der Waals surface area contributed by atoms with Crippen LogP contribution in [0.25, 0.3) is 0 Å². The highest BCUT2D eigenvalue weighted by molar-refractivity contribution is 7.89. The smallest absolute Gasteiger partial charge is 0.211 e. The van der Waals surface area contributed by atoms with E-state index < -0.39 is 10.0 Å². The van der Waals surface area contributed by atoms with Crippen LogP contribution in [0.4, 0.5) is 0 Å². The second kappa shape index (κ2) is 6.16. The monoisotopic (exact) mass is 262 g/mol. The van der Waals surface area contributed by atoms with Crippen LogP contribution in [-0.4, -0.2) is 26.8 Å². The van der Waals surface area contributed by atoms with Gasteiger partial charge in [-0.3, -0.25) is 0 Å². The molecule has 0 unspecified atom stereocenters. The van der Waals surface area contributed by atoms with Gasteiger partial charge in [0.1, 0.15) is 0 Å². The molecule has 1 aliphatic rings. The molecule has 1 rings (SSSR count). The summed E-state index contributed by atoms with van der Waals surface area (Å²) in [4.78, 5) is 0. The van der Waals surface area contributed by atoms with Gasteiger partial charge in [0.15, 0.2) is 0 Å². The highest BCUT2D eigenvalue weighted by atomic mass is 32.2. The second-order valence-electron chi connectivity index (χ2n) is 5.87. The first-order valence-electron chi connectivity index (χ1n) is 6.55. The first-order valence-corrected chi connectivity index (χ1v) is 8.20. The molecule has 0 aromatic carbocycles. The van der Waals surface area contributed by atoms with Gasteiger partial charge in [-0.2, -0.15) is 0 Å². The van der Waals surface area contributed by atoms with Crippen LogP contribution in [0.15, 0.2) is 0 Å². The van der Waals surface area contributed by atoms with Crippen LogP contribution >= 0.6 is 0 Å². The summed E-state index contributed by atoms with van der Waals surface area (Å²) >= 11 is 0. The summed E-state index contributed by atoms with van der Waals surface area (Å²) < 4.78 is 26.4. The predicted molar refractivity (Wildman–Crippen MR) is 71.2 cm³/mol. The Kier molecular flexibility index (Phi) is 5.41. The molecule has 3 N–H and O–H groups in total. The normalized spacial score (nSPS) is 21.6. The molecular weight excluding hydrogens is 236 g/mol. The van der Waals surface area contributed by atoms with E-state index in [-0.39, 0.29) is 11.8 Å². The minimum atomic E-state index is -3.10. The molecule has 0 aromatic rings. The largest absolute Gasteiger partial charge is 0.330 e. The molecule has 102 valence electrons. The Balaban J connectivity index is 2.34. The van der Waals surface area contributed by atoms with Crippen LogP contribution in [0, 0.1) is 5.41 Å². The SMILES string of the molecule is CC1(C)CCC(NS(=O)(=O)CCCCN)CC1. The summed E-state index contributed by atoms with van der Waals surface area (Å²) in [6, 6.07) is 0.144. The lowest BCUT2D eigenvalue weighted by Gasteiger charge is -2.34. The van der Waals surface area contributed by atoms with E-state index in [4.69, 9.17) is 5.73 Å². The molecule has 4 nitrogen and oxygen atoms in total. The van der Waals surface area contributed by atoms with Crippen molar-refractivity contribution in [3.8, 4) is 0 Å². The van der Waals surface area contributed by atoms with Crippen molar-refractivity contribution >= 4 is 10.0 Å². The van der Waals surface area contributed by atoms with Gasteiger partial charge in [-0.25, -0.2) is 13.1 Å². The van der Waals surface area contributed by atoms with Crippen LogP contribution in [0.3, 0.4) is 0 Å². The van der Waals surface area contributed by atoms with Gasteiger partial charge in [-0.15, -0.1) is 0 Å². The molecule has 5 heteroatoms. The maximum atomic E-state index is 11.8. The molecule has 1 fully saturated rings. The van der Waals surface area contributed by atoms with E-state index in [0.717, 1.165) is 32.1 Å². The third-order valence-electron chi connectivity index (χ3n) is 3.55. The van der Waals surface area contributed by atoms with Crippen LogP contribution in [0.5, 0.6) is 0 Å². The molecule has 1 aliphatic carbocycles. The fourth-order valence-electron chi connectivity index (χ4n) is 2.27. The van der Waals surface area contributed by atoms with Crippen molar-refractivity contribution in [2.24, 2.45) is 11.1 Å². The maximum absolute atomic E-state index is 11.8. The summed E-state index contributed by atoms with van der Waals surface area (Å²) in [6.07, 6.45) is 5.56. The lowest BCUT2D eigenvalue weighted by molar-refractivity contribution is 0.218. The molecule has 0 spiro atoms. The molecule has 0 amide bonds. The predicted octanol–water partition coefficient (Wildman–Crippen LogP) is 1.61. The van der Waals surface area contributed by atoms with Gasteiger partial charge < -0.3 is 5.73 Å². The first-order chi connectivity index (χ1) is 7.85. The van der Waals surface area contributed by atoms with E-state index in [0.29, 0.717) is 18.4 Å². The number of hydrogen-bond acceptors (Lipinski definition) is 3. The number of nitrogens with two attached hydrogens (primary N) is 1. The Bertz CT molecular complexity index is 315. The number of rotatable bonds is 6. The molecule has 0 heterocycles. The zero-order chi connectivity index (χ0) is 12.9. The number of nitrogens with one attached hydrogen (secondary N) is 1. The minimum absolute atomic E-state index is 0.144. The quantitative estimate of drug-likeness (QED) is 0.714. The fraction of sp³-hybridized carbons (Fsp3) is 1.00. The number of hydrogen-bond donors (Lipinski definition) is 2. The van der Waals surface area contributed by atoms with Crippen molar-refractivity contribution in [3.05, 3.63) is 0 Å². The molecule has 0 radical (unpaired) electrons. The molecule has 17 heavy (non-hydrogen) atoms. The Morgan fingerprint density at radius 1 is 1.24 bits per heavy atom. The van der Waals surface area contributed by atoms with E-state index in [1.165, 1.54) is 0 Å². The summed E-state index contributed by atoms with van der Waals surface area (Å²) in [6.45, 7) is 5.06. The van der Waals surface area contributed by atoms with Gasteiger partial charge in [-0.1, -0.05) is 13.8 Å². The zero-order valence-corrected chi connectivity index (χ0v) is 11.9. The average molecular weight is 262 g/mol. The van der Waals surface area contributed by atoms with E-state index in [1.54, 1.807) is 0 Å². The van der Waals surface area contributed by atoms with Gasteiger partial charge in [-0.05, 0) is 50.5 Å². The van der Waals surface area contributed by atoms with Gasteiger partial charge >= 0.3 is 0 Å². The number of sulfonamides is 1. The average Bonchev–Trinajstić information content (AvgIpc) is 2.21. The minimum Gasteiger partial charge on any atom is -0.330 e. The van der Waals surface area contributed by atoms with Crippen molar-refractivity contribution in [2.75, 3.05) is 12.3 Å². The molecule has 0 saturated heterocycles. The van der Waals surface area contributed by atoms with Gasteiger partial charge in [0.05, 0.1) is 5.75 Å². The van der Waals surface area contributed by atoms with Gasteiger partial charge in [0.25, 0.3) is 0 Å². The zero-order valence-electron chi connectivity index (χ0n) is 11.0. The topological polar surface area (TPSA) is 72.2 Å². The van der Waals surface area contributed by atoms with Crippen molar-refractivity contribution in [1.82, 2.24) is 4.72 Å². The molecule has 0 atom stereocenters. The Morgan fingerprint density at radius 2 is 1.82 bits per heavy atom. The van der Waals surface area contributed by atoms with Gasteiger partial charge in [0.2, 0.25) is 10.0 Å². The molecule has 0 aromatic heterocycles. The Labute approximate surface area is 105 Å². The highest BCUT2D eigenvalue weighted by Crippen LogP contribution is 2.35. The van der Waals surface area contributed by atoms with E-state index >= 15 is 0 Å². The number of unbranched alkanes of at least 4 members (excludes halogenated alkanes) is 1. The third-order valence-corrected chi connectivity index (χ3v) is 5.07.